The van der Waals surface area contributed by atoms with Gasteiger partial charge in [-0.3, -0.25) is 9.59 Å². The predicted molar refractivity (Wildman–Crippen MR) is 126 cm³/mol. The van der Waals surface area contributed by atoms with Gasteiger partial charge >= 0.3 is 0 Å². The number of benzene rings is 3. The fourth-order valence-electron chi connectivity index (χ4n) is 3.25. The number of thioether (sulfide) groups is 1. The van der Waals surface area contributed by atoms with Crippen molar-refractivity contribution in [1.29, 1.82) is 0 Å². The van der Waals surface area contributed by atoms with Crippen molar-refractivity contribution in [3.8, 4) is 23.0 Å². The van der Waals surface area contributed by atoms with Gasteiger partial charge in [0.25, 0.3) is 11.1 Å². The van der Waals surface area contributed by atoms with E-state index in [0.717, 1.165) is 11.8 Å². The number of ether oxygens (including phenoxy) is 2. The van der Waals surface area contributed by atoms with E-state index < -0.39 is 11.7 Å². The maximum Gasteiger partial charge on any atom is 0.277 e. The van der Waals surface area contributed by atoms with E-state index in [1.54, 1.807) is 42.5 Å². The number of amides is 2. The number of rotatable bonds is 7. The van der Waals surface area contributed by atoms with Crippen molar-refractivity contribution in [3.05, 3.63) is 78.1 Å². The Morgan fingerprint density at radius 3 is 2.60 bits per heavy atom. The summed E-state index contributed by atoms with van der Waals surface area (Å²) in [5, 5.41) is 13.6. The molecule has 35 heavy (non-hydrogen) atoms. The minimum absolute atomic E-state index is 0.0172. The van der Waals surface area contributed by atoms with E-state index in [9.17, 15) is 14.0 Å². The molecule has 0 aliphatic carbocycles. The van der Waals surface area contributed by atoms with Crippen molar-refractivity contribution in [3.63, 3.8) is 0 Å². The molecule has 1 aliphatic heterocycles. The van der Waals surface area contributed by atoms with Crippen LogP contribution in [0.3, 0.4) is 0 Å². The molecule has 3 aromatic carbocycles. The second-order valence-corrected chi connectivity index (χ2v) is 8.21. The third kappa shape index (κ3) is 5.25. The molecule has 1 aliphatic rings. The Bertz CT molecular complexity index is 1390. The van der Waals surface area contributed by atoms with Crippen LogP contribution in [0.2, 0.25) is 0 Å². The summed E-state index contributed by atoms with van der Waals surface area (Å²) in [5.74, 6) is 0.302. The number of anilines is 2. The zero-order valence-electron chi connectivity index (χ0n) is 18.0. The van der Waals surface area contributed by atoms with Crippen molar-refractivity contribution in [2.45, 2.75) is 5.22 Å². The summed E-state index contributed by atoms with van der Waals surface area (Å²) < 4.78 is 29.4. The first-order valence-corrected chi connectivity index (χ1v) is 11.4. The highest BCUT2D eigenvalue weighted by Gasteiger charge is 2.18. The fourth-order valence-corrected chi connectivity index (χ4v) is 3.81. The van der Waals surface area contributed by atoms with E-state index in [0.29, 0.717) is 28.4 Å². The number of aromatic nitrogens is 2. The average Bonchev–Trinajstić information content (AvgIpc) is 3.53. The first kappa shape index (κ1) is 22.4. The molecule has 11 heteroatoms. The molecule has 9 nitrogen and oxygen atoms in total. The molecule has 0 spiro atoms. The normalized spacial score (nSPS) is 11.8. The highest BCUT2D eigenvalue weighted by molar-refractivity contribution is 7.99. The monoisotopic (exact) mass is 492 g/mol. The molecule has 2 amide bonds. The van der Waals surface area contributed by atoms with E-state index >= 15 is 0 Å². The van der Waals surface area contributed by atoms with Crippen LogP contribution in [0.5, 0.6) is 11.5 Å². The summed E-state index contributed by atoms with van der Waals surface area (Å²) in [6, 6.07) is 17.2. The second kappa shape index (κ2) is 9.85. The van der Waals surface area contributed by atoms with Gasteiger partial charge in [-0.1, -0.05) is 23.9 Å². The molecule has 0 radical (unpaired) electrons. The van der Waals surface area contributed by atoms with E-state index in [-0.39, 0.29) is 35.1 Å². The van der Waals surface area contributed by atoms with Crippen LogP contribution in [-0.4, -0.2) is 34.6 Å². The van der Waals surface area contributed by atoms with Gasteiger partial charge in [-0.05, 0) is 54.6 Å². The zero-order valence-corrected chi connectivity index (χ0v) is 18.8. The summed E-state index contributed by atoms with van der Waals surface area (Å²) in [6.45, 7) is 0.163. The van der Waals surface area contributed by atoms with Crippen LogP contribution in [-0.2, 0) is 4.79 Å². The van der Waals surface area contributed by atoms with Gasteiger partial charge in [0.05, 0.1) is 17.0 Å². The van der Waals surface area contributed by atoms with Gasteiger partial charge in [0.2, 0.25) is 18.6 Å². The molecule has 2 heterocycles. The van der Waals surface area contributed by atoms with Gasteiger partial charge in [0.15, 0.2) is 11.5 Å². The highest BCUT2D eigenvalue weighted by atomic mass is 32.2. The van der Waals surface area contributed by atoms with E-state index in [1.807, 2.05) is 0 Å². The van der Waals surface area contributed by atoms with Crippen molar-refractivity contribution < 1.29 is 27.9 Å². The van der Waals surface area contributed by atoms with Crippen molar-refractivity contribution >= 4 is 35.0 Å². The first-order chi connectivity index (χ1) is 17.0. The Hall–Kier alpha value is -4.38. The van der Waals surface area contributed by atoms with Crippen LogP contribution in [0.25, 0.3) is 11.5 Å². The van der Waals surface area contributed by atoms with Crippen LogP contribution < -0.4 is 20.1 Å². The summed E-state index contributed by atoms with van der Waals surface area (Å²) in [7, 11) is 0. The van der Waals surface area contributed by atoms with Gasteiger partial charge in [-0.15, -0.1) is 10.2 Å². The van der Waals surface area contributed by atoms with Gasteiger partial charge < -0.3 is 24.5 Å². The van der Waals surface area contributed by atoms with Crippen molar-refractivity contribution in [2.24, 2.45) is 0 Å². The standard InChI is InChI=1S/C24H17FN4O5S/c25-15-6-8-16(9-7-15)26-22(31)17-3-1-2-4-18(17)27-21(30)12-35-24-29-28-23(34-24)14-5-10-19-20(11-14)33-13-32-19/h1-11H,12-13H2,(H,26,31)(H,27,30). The molecular weight excluding hydrogens is 475 g/mol. The molecule has 0 unspecified atom stereocenters. The molecular formula is C24H17FN4O5S. The van der Waals surface area contributed by atoms with Gasteiger partial charge in [0, 0.05) is 11.3 Å². The van der Waals surface area contributed by atoms with Gasteiger partial charge in [-0.2, -0.15) is 0 Å². The summed E-state index contributed by atoms with van der Waals surface area (Å²) >= 11 is 1.06. The molecule has 1 aromatic heterocycles. The minimum atomic E-state index is -0.439. The van der Waals surface area contributed by atoms with Gasteiger partial charge in [-0.25, -0.2) is 4.39 Å². The van der Waals surface area contributed by atoms with Crippen molar-refractivity contribution in [2.75, 3.05) is 23.2 Å². The lowest BCUT2D eigenvalue weighted by molar-refractivity contribution is -0.113. The Morgan fingerprint density at radius 2 is 1.74 bits per heavy atom. The molecule has 0 fully saturated rings. The number of nitrogens with zero attached hydrogens (tertiary/aromatic N) is 2. The zero-order chi connectivity index (χ0) is 24.2. The minimum Gasteiger partial charge on any atom is -0.454 e. The third-order valence-electron chi connectivity index (χ3n) is 4.90. The van der Waals surface area contributed by atoms with Crippen LogP contribution >= 0.6 is 11.8 Å². The highest BCUT2D eigenvalue weighted by Crippen LogP contribution is 2.36. The molecule has 2 N–H and O–H groups in total. The Balaban J connectivity index is 1.20. The number of fused-ring (bicyclic) bond motifs is 1. The number of halogens is 1. The number of hydrogen-bond donors (Lipinski definition) is 2. The van der Waals surface area contributed by atoms with E-state index in [4.69, 9.17) is 13.9 Å². The smallest absolute Gasteiger partial charge is 0.277 e. The molecule has 5 rings (SSSR count). The summed E-state index contributed by atoms with van der Waals surface area (Å²) in [5.41, 5.74) is 1.70. The summed E-state index contributed by atoms with van der Waals surface area (Å²) in [4.78, 5) is 25.2. The third-order valence-corrected chi connectivity index (χ3v) is 5.72. The molecule has 0 atom stereocenters. The van der Waals surface area contributed by atoms with E-state index in [2.05, 4.69) is 20.8 Å². The van der Waals surface area contributed by atoms with Crippen LogP contribution in [0, 0.1) is 5.82 Å². The number of carbonyl (C=O) groups is 2. The van der Waals surface area contributed by atoms with Crippen LogP contribution in [0.15, 0.2) is 76.4 Å². The number of para-hydroxylation sites is 1. The van der Waals surface area contributed by atoms with Crippen LogP contribution in [0.4, 0.5) is 15.8 Å². The van der Waals surface area contributed by atoms with E-state index in [1.165, 1.54) is 24.3 Å². The Morgan fingerprint density at radius 1 is 0.943 bits per heavy atom. The lowest BCUT2D eigenvalue weighted by Gasteiger charge is -2.11. The fraction of sp³-hybridized carbons (Fsp3) is 0.0833. The average molecular weight is 492 g/mol. The topological polar surface area (TPSA) is 116 Å². The Kier molecular flexibility index (Phi) is 6.31. The maximum atomic E-state index is 13.1. The molecule has 0 saturated carbocycles. The first-order valence-electron chi connectivity index (χ1n) is 10.4. The Labute approximate surface area is 202 Å². The molecule has 176 valence electrons. The predicted octanol–water partition coefficient (Wildman–Crippen LogP) is 4.59. The quantitative estimate of drug-likeness (QED) is 0.360. The lowest BCUT2D eigenvalue weighted by atomic mass is 10.1. The van der Waals surface area contributed by atoms with Gasteiger partial charge in [0.1, 0.15) is 5.82 Å². The largest absolute Gasteiger partial charge is 0.454 e. The van der Waals surface area contributed by atoms with Crippen LogP contribution in [0.1, 0.15) is 10.4 Å². The number of carbonyl (C=O) groups excluding carboxylic acids is 2. The summed E-state index contributed by atoms with van der Waals surface area (Å²) in [6.07, 6.45) is 0. The molecule has 0 bridgehead atoms. The molecule has 4 aromatic rings. The maximum absolute atomic E-state index is 13.1. The number of nitrogens with one attached hydrogen (secondary N) is 2. The molecule has 0 saturated heterocycles. The number of hydrogen-bond acceptors (Lipinski definition) is 8. The second-order valence-electron chi connectivity index (χ2n) is 7.28. The lowest BCUT2D eigenvalue weighted by Crippen LogP contribution is -2.19. The SMILES string of the molecule is O=C(CSc1nnc(-c2ccc3c(c2)OCO3)o1)Nc1ccccc1C(=O)Nc1ccc(F)cc1. The van der Waals surface area contributed by atoms with Crippen molar-refractivity contribution in [1.82, 2.24) is 10.2 Å².